The lowest BCUT2D eigenvalue weighted by atomic mass is 10.1. The minimum Gasteiger partial charge on any atom is -0.469 e. The molecule has 1 aromatic carbocycles. The first-order valence-corrected chi connectivity index (χ1v) is 6.05. The number of carbonyl (C=O) groups excluding carboxylic acids is 2. The topological polar surface area (TPSA) is 52.6 Å². The van der Waals surface area contributed by atoms with E-state index in [0.29, 0.717) is 12.0 Å². The molecule has 0 aromatic heterocycles. The second-order valence-electron chi connectivity index (χ2n) is 4.00. The molecule has 0 saturated heterocycles. The van der Waals surface area contributed by atoms with Crippen LogP contribution in [0.3, 0.4) is 0 Å². The summed E-state index contributed by atoms with van der Waals surface area (Å²) in [5.74, 6) is -0.935. The summed E-state index contributed by atoms with van der Waals surface area (Å²) >= 11 is 0. The molecule has 0 aliphatic rings. The summed E-state index contributed by atoms with van der Waals surface area (Å²) < 4.78 is 9.20. The average molecular weight is 262 g/mol. The van der Waals surface area contributed by atoms with Crippen LogP contribution in [0.1, 0.15) is 18.4 Å². The predicted octanol–water partition coefficient (Wildman–Crippen LogP) is 2.28. The Hall–Kier alpha value is -2.10. The van der Waals surface area contributed by atoms with Gasteiger partial charge in [-0.05, 0) is 18.4 Å². The Labute approximate surface area is 113 Å². The highest BCUT2D eigenvalue weighted by Gasteiger charge is 2.14. The van der Waals surface area contributed by atoms with E-state index in [2.05, 4.69) is 9.47 Å². The number of hydrogen-bond donors (Lipinski definition) is 0. The van der Waals surface area contributed by atoms with E-state index in [1.54, 1.807) is 6.08 Å². The molecule has 0 heterocycles. The number of ether oxygens (including phenoxy) is 2. The number of benzene rings is 1. The monoisotopic (exact) mass is 262 g/mol. The second-order valence-corrected chi connectivity index (χ2v) is 4.00. The van der Waals surface area contributed by atoms with Crippen molar-refractivity contribution >= 4 is 11.9 Å². The quantitative estimate of drug-likeness (QED) is 0.583. The zero-order valence-electron chi connectivity index (χ0n) is 11.2. The number of hydrogen-bond acceptors (Lipinski definition) is 4. The lowest BCUT2D eigenvalue weighted by molar-refractivity contribution is -0.143. The molecule has 0 unspecified atom stereocenters. The van der Waals surface area contributed by atoms with Crippen molar-refractivity contribution in [3.63, 3.8) is 0 Å². The molecule has 19 heavy (non-hydrogen) atoms. The van der Waals surface area contributed by atoms with Gasteiger partial charge in [0.2, 0.25) is 0 Å². The summed E-state index contributed by atoms with van der Waals surface area (Å²) in [5.41, 5.74) is 1.52. The standard InChI is InChI=1S/C15H18O4/c1-18-14(16)11-13(15(17)19-2)10-6-9-12-7-4-3-5-8-12/h3-5,7-8,10H,6,9,11H2,1-2H3/b13-10-. The van der Waals surface area contributed by atoms with Gasteiger partial charge in [-0.25, -0.2) is 4.79 Å². The first-order chi connectivity index (χ1) is 9.17. The molecule has 4 heteroatoms. The summed E-state index contributed by atoms with van der Waals surface area (Å²) in [6.07, 6.45) is 3.15. The zero-order valence-corrected chi connectivity index (χ0v) is 11.2. The Kier molecular flexibility index (Phi) is 6.36. The number of aryl methyl sites for hydroxylation is 1. The Morgan fingerprint density at radius 2 is 1.79 bits per heavy atom. The van der Waals surface area contributed by atoms with Crippen LogP contribution in [-0.4, -0.2) is 26.2 Å². The van der Waals surface area contributed by atoms with Crippen molar-refractivity contribution in [2.75, 3.05) is 14.2 Å². The molecule has 0 fully saturated rings. The molecule has 102 valence electrons. The molecule has 4 nitrogen and oxygen atoms in total. The molecule has 0 spiro atoms. The average Bonchev–Trinajstić information content (AvgIpc) is 2.46. The SMILES string of the molecule is COC(=O)C/C(=C/CCc1ccccc1)C(=O)OC. The van der Waals surface area contributed by atoms with Crippen molar-refractivity contribution in [3.8, 4) is 0 Å². The Morgan fingerprint density at radius 3 is 2.37 bits per heavy atom. The van der Waals surface area contributed by atoms with E-state index in [-0.39, 0.29) is 6.42 Å². The summed E-state index contributed by atoms with van der Waals surface area (Å²) in [7, 11) is 2.59. The number of methoxy groups -OCH3 is 2. The van der Waals surface area contributed by atoms with E-state index >= 15 is 0 Å². The van der Waals surface area contributed by atoms with Gasteiger partial charge in [-0.1, -0.05) is 36.4 Å². The maximum Gasteiger partial charge on any atom is 0.333 e. The highest BCUT2D eigenvalue weighted by Crippen LogP contribution is 2.09. The van der Waals surface area contributed by atoms with Crippen molar-refractivity contribution in [1.29, 1.82) is 0 Å². The minimum atomic E-state index is -0.488. The Morgan fingerprint density at radius 1 is 1.11 bits per heavy atom. The molecule has 0 radical (unpaired) electrons. The van der Waals surface area contributed by atoms with E-state index in [1.165, 1.54) is 19.8 Å². The highest BCUT2D eigenvalue weighted by atomic mass is 16.5. The molecule has 0 amide bonds. The molecule has 0 aliphatic heterocycles. The minimum absolute atomic E-state index is 0.0576. The molecule has 1 rings (SSSR count). The Bertz CT molecular complexity index is 448. The van der Waals surface area contributed by atoms with Crippen LogP contribution in [-0.2, 0) is 25.5 Å². The molecule has 0 saturated carbocycles. The third-order valence-corrected chi connectivity index (χ3v) is 2.68. The molecule has 1 aromatic rings. The van der Waals surface area contributed by atoms with Crippen molar-refractivity contribution < 1.29 is 19.1 Å². The van der Waals surface area contributed by atoms with Crippen LogP contribution in [0.15, 0.2) is 42.0 Å². The smallest absolute Gasteiger partial charge is 0.333 e. The number of rotatable bonds is 6. The lowest BCUT2D eigenvalue weighted by Crippen LogP contribution is -2.11. The fourth-order valence-electron chi connectivity index (χ4n) is 1.64. The van der Waals surface area contributed by atoms with Gasteiger partial charge in [0.15, 0.2) is 0 Å². The molecular formula is C15H18O4. The van der Waals surface area contributed by atoms with Crippen LogP contribution in [0.5, 0.6) is 0 Å². The third-order valence-electron chi connectivity index (χ3n) is 2.68. The largest absolute Gasteiger partial charge is 0.469 e. The zero-order chi connectivity index (χ0) is 14.1. The van der Waals surface area contributed by atoms with Gasteiger partial charge in [-0.3, -0.25) is 4.79 Å². The number of carbonyl (C=O) groups is 2. The molecule has 0 atom stereocenters. The van der Waals surface area contributed by atoms with Crippen LogP contribution in [0.4, 0.5) is 0 Å². The molecule has 0 bridgehead atoms. The van der Waals surface area contributed by atoms with Crippen molar-refractivity contribution in [1.82, 2.24) is 0 Å². The van der Waals surface area contributed by atoms with Crippen LogP contribution < -0.4 is 0 Å². The third kappa shape index (κ3) is 5.38. The summed E-state index contributed by atoms with van der Waals surface area (Å²) in [5, 5.41) is 0. The lowest BCUT2D eigenvalue weighted by Gasteiger charge is -2.04. The van der Waals surface area contributed by atoms with Crippen LogP contribution in [0.25, 0.3) is 0 Å². The van der Waals surface area contributed by atoms with E-state index in [9.17, 15) is 9.59 Å². The Balaban J connectivity index is 2.61. The van der Waals surface area contributed by atoms with Gasteiger partial charge in [-0.15, -0.1) is 0 Å². The van der Waals surface area contributed by atoms with Gasteiger partial charge >= 0.3 is 11.9 Å². The summed E-state index contributed by atoms with van der Waals surface area (Å²) in [4.78, 5) is 22.7. The van der Waals surface area contributed by atoms with E-state index in [1.807, 2.05) is 30.3 Å². The van der Waals surface area contributed by atoms with Crippen LogP contribution in [0.2, 0.25) is 0 Å². The van der Waals surface area contributed by atoms with Gasteiger partial charge in [0.05, 0.1) is 20.6 Å². The fraction of sp³-hybridized carbons (Fsp3) is 0.333. The first kappa shape index (κ1) is 15.0. The van der Waals surface area contributed by atoms with Crippen molar-refractivity contribution in [2.24, 2.45) is 0 Å². The fourth-order valence-corrected chi connectivity index (χ4v) is 1.64. The van der Waals surface area contributed by atoms with Gasteiger partial charge in [-0.2, -0.15) is 0 Å². The van der Waals surface area contributed by atoms with E-state index in [4.69, 9.17) is 0 Å². The van der Waals surface area contributed by atoms with Crippen LogP contribution in [0, 0.1) is 0 Å². The summed E-state index contributed by atoms with van der Waals surface area (Å²) in [6, 6.07) is 9.93. The van der Waals surface area contributed by atoms with E-state index < -0.39 is 11.9 Å². The summed E-state index contributed by atoms with van der Waals surface area (Å²) in [6.45, 7) is 0. The maximum atomic E-state index is 11.5. The number of allylic oxidation sites excluding steroid dienone is 1. The molecule has 0 N–H and O–H groups in total. The van der Waals surface area contributed by atoms with Crippen molar-refractivity contribution in [3.05, 3.63) is 47.5 Å². The normalized spacial score (nSPS) is 10.9. The van der Waals surface area contributed by atoms with Gasteiger partial charge in [0.25, 0.3) is 0 Å². The van der Waals surface area contributed by atoms with Crippen LogP contribution >= 0.6 is 0 Å². The van der Waals surface area contributed by atoms with Gasteiger partial charge in [0, 0.05) is 5.57 Å². The molecule has 0 aliphatic carbocycles. The van der Waals surface area contributed by atoms with Gasteiger partial charge in [0.1, 0.15) is 0 Å². The maximum absolute atomic E-state index is 11.5. The highest BCUT2D eigenvalue weighted by molar-refractivity contribution is 5.93. The first-order valence-electron chi connectivity index (χ1n) is 6.05. The number of esters is 2. The predicted molar refractivity (Wildman–Crippen MR) is 71.5 cm³/mol. The molecular weight excluding hydrogens is 244 g/mol. The van der Waals surface area contributed by atoms with Crippen molar-refractivity contribution in [2.45, 2.75) is 19.3 Å². The second kappa shape index (κ2) is 8.08. The van der Waals surface area contributed by atoms with Gasteiger partial charge < -0.3 is 9.47 Å². The van der Waals surface area contributed by atoms with E-state index in [0.717, 1.165) is 6.42 Å².